The average molecular weight is 424 g/mol. The number of hydrogen-bond acceptors (Lipinski definition) is 6. The van der Waals surface area contributed by atoms with E-state index in [1.165, 1.54) is 13.2 Å². The van der Waals surface area contributed by atoms with Gasteiger partial charge >= 0.3 is 6.18 Å². The summed E-state index contributed by atoms with van der Waals surface area (Å²) in [6, 6.07) is 7.54. The Balaban J connectivity index is 1.53. The molecule has 1 amide bonds. The predicted molar refractivity (Wildman–Crippen MR) is 106 cm³/mol. The van der Waals surface area contributed by atoms with Crippen molar-refractivity contribution >= 4 is 17.4 Å². The van der Waals surface area contributed by atoms with Crippen molar-refractivity contribution in [2.45, 2.75) is 6.18 Å². The molecule has 1 aromatic heterocycles. The normalized spacial score (nSPS) is 15.0. The number of benzene rings is 1. The molecule has 0 radical (unpaired) electrons. The number of carbonyl (C=O) groups is 1. The Morgan fingerprint density at radius 3 is 2.40 bits per heavy atom. The predicted octanol–water partition coefficient (Wildman–Crippen LogP) is 2.88. The Morgan fingerprint density at radius 1 is 1.10 bits per heavy atom. The number of ether oxygens (including phenoxy) is 2. The quantitative estimate of drug-likeness (QED) is 0.769. The molecule has 0 saturated carbocycles. The molecule has 0 aliphatic carbocycles. The molecule has 1 N–H and O–H groups in total. The van der Waals surface area contributed by atoms with E-state index >= 15 is 0 Å². The van der Waals surface area contributed by atoms with Crippen LogP contribution in [0.1, 0.15) is 5.56 Å². The van der Waals surface area contributed by atoms with Crippen LogP contribution in [0.25, 0.3) is 0 Å². The second-order valence-corrected chi connectivity index (χ2v) is 6.78. The minimum Gasteiger partial charge on any atom is -0.497 e. The summed E-state index contributed by atoms with van der Waals surface area (Å²) >= 11 is 0. The van der Waals surface area contributed by atoms with Gasteiger partial charge < -0.3 is 19.7 Å². The number of aromatic nitrogens is 1. The third kappa shape index (κ3) is 5.32. The summed E-state index contributed by atoms with van der Waals surface area (Å²) in [7, 11) is 3.06. The second kappa shape index (κ2) is 9.21. The van der Waals surface area contributed by atoms with Gasteiger partial charge in [-0.15, -0.1) is 0 Å². The molecule has 0 atom stereocenters. The first-order valence-corrected chi connectivity index (χ1v) is 9.32. The number of rotatable bonds is 6. The number of amides is 1. The van der Waals surface area contributed by atoms with Crippen LogP contribution in [0.5, 0.6) is 11.5 Å². The highest BCUT2D eigenvalue weighted by Gasteiger charge is 2.31. The molecule has 0 spiro atoms. The molecule has 0 bridgehead atoms. The van der Waals surface area contributed by atoms with Crippen molar-refractivity contribution < 1.29 is 27.4 Å². The van der Waals surface area contributed by atoms with E-state index in [1.807, 2.05) is 9.80 Å². The molecule has 2 aromatic rings. The maximum Gasteiger partial charge on any atom is 0.417 e. The van der Waals surface area contributed by atoms with Crippen molar-refractivity contribution in [3.63, 3.8) is 0 Å². The number of halogens is 3. The lowest BCUT2D eigenvalue weighted by Crippen LogP contribution is -2.49. The fourth-order valence-electron chi connectivity index (χ4n) is 3.18. The minimum atomic E-state index is -4.40. The van der Waals surface area contributed by atoms with Gasteiger partial charge in [-0.05, 0) is 24.3 Å². The number of alkyl halides is 3. The number of methoxy groups -OCH3 is 2. The summed E-state index contributed by atoms with van der Waals surface area (Å²) < 4.78 is 48.4. The molecule has 1 aliphatic heterocycles. The number of hydrogen-bond donors (Lipinski definition) is 1. The van der Waals surface area contributed by atoms with Crippen molar-refractivity contribution in [1.82, 2.24) is 9.88 Å². The van der Waals surface area contributed by atoms with Gasteiger partial charge in [0, 0.05) is 38.4 Å². The largest absolute Gasteiger partial charge is 0.497 e. The minimum absolute atomic E-state index is 0.189. The highest BCUT2D eigenvalue weighted by Crippen LogP contribution is 2.30. The lowest BCUT2D eigenvalue weighted by atomic mass is 10.2. The van der Waals surface area contributed by atoms with Crippen LogP contribution in [0.15, 0.2) is 36.5 Å². The number of nitrogens with one attached hydrogen (secondary N) is 1. The van der Waals surface area contributed by atoms with E-state index < -0.39 is 11.7 Å². The van der Waals surface area contributed by atoms with Crippen molar-refractivity contribution in [3.8, 4) is 11.5 Å². The van der Waals surface area contributed by atoms with E-state index in [9.17, 15) is 18.0 Å². The number of anilines is 2. The zero-order valence-electron chi connectivity index (χ0n) is 16.7. The monoisotopic (exact) mass is 424 g/mol. The van der Waals surface area contributed by atoms with Gasteiger partial charge in [0.05, 0.1) is 32.0 Å². The van der Waals surface area contributed by atoms with Gasteiger partial charge in [-0.3, -0.25) is 9.69 Å². The van der Waals surface area contributed by atoms with Crippen molar-refractivity contribution in [2.75, 3.05) is 57.2 Å². The third-order valence-electron chi connectivity index (χ3n) is 4.82. The molecular weight excluding hydrogens is 401 g/mol. The Hall–Kier alpha value is -3.01. The molecular formula is C20H23F3N4O3. The lowest BCUT2D eigenvalue weighted by molar-refractivity contribution is -0.137. The van der Waals surface area contributed by atoms with E-state index in [-0.39, 0.29) is 12.5 Å². The van der Waals surface area contributed by atoms with Gasteiger partial charge in [-0.25, -0.2) is 4.98 Å². The Morgan fingerprint density at radius 2 is 1.83 bits per heavy atom. The smallest absolute Gasteiger partial charge is 0.417 e. The second-order valence-electron chi connectivity index (χ2n) is 6.78. The van der Waals surface area contributed by atoms with Crippen LogP contribution in [-0.2, 0) is 11.0 Å². The zero-order valence-corrected chi connectivity index (χ0v) is 16.7. The standard InChI is InChI=1S/C20H23F3N4O3/c1-29-15-4-5-17(30-2)16(11-15)25-19(28)13-26-7-9-27(10-8-26)18-6-3-14(12-24-18)20(21,22)23/h3-6,11-12H,7-10,13H2,1-2H3,(H,25,28). The van der Waals surface area contributed by atoms with Gasteiger partial charge in [-0.1, -0.05) is 0 Å². The topological polar surface area (TPSA) is 66.9 Å². The molecule has 162 valence electrons. The summed E-state index contributed by atoms with van der Waals surface area (Å²) in [5.74, 6) is 1.43. The van der Waals surface area contributed by atoms with Crippen molar-refractivity contribution in [2.24, 2.45) is 0 Å². The van der Waals surface area contributed by atoms with E-state index in [0.29, 0.717) is 49.2 Å². The molecule has 0 unspecified atom stereocenters. The molecule has 7 nitrogen and oxygen atoms in total. The van der Waals surface area contributed by atoms with Crippen LogP contribution in [0, 0.1) is 0 Å². The number of nitrogens with zero attached hydrogens (tertiary/aromatic N) is 3. The molecule has 1 fully saturated rings. The van der Waals surface area contributed by atoms with Gasteiger partial charge in [0.25, 0.3) is 0 Å². The van der Waals surface area contributed by atoms with Gasteiger partial charge in [-0.2, -0.15) is 13.2 Å². The first-order chi connectivity index (χ1) is 14.3. The number of piperazine rings is 1. The van der Waals surface area contributed by atoms with Gasteiger partial charge in [0.2, 0.25) is 5.91 Å². The molecule has 3 rings (SSSR count). The summed E-state index contributed by atoms with van der Waals surface area (Å²) in [4.78, 5) is 20.3. The highest BCUT2D eigenvalue weighted by atomic mass is 19.4. The van der Waals surface area contributed by atoms with E-state index in [0.717, 1.165) is 12.3 Å². The van der Waals surface area contributed by atoms with Gasteiger partial charge in [0.1, 0.15) is 17.3 Å². The maximum atomic E-state index is 12.7. The highest BCUT2D eigenvalue weighted by molar-refractivity contribution is 5.94. The molecule has 2 heterocycles. The fraction of sp³-hybridized carbons (Fsp3) is 0.400. The Bertz CT molecular complexity index is 867. The molecule has 30 heavy (non-hydrogen) atoms. The Labute approximate surface area is 172 Å². The lowest BCUT2D eigenvalue weighted by Gasteiger charge is -2.35. The van der Waals surface area contributed by atoms with Crippen LogP contribution >= 0.6 is 0 Å². The molecule has 1 saturated heterocycles. The molecule has 1 aromatic carbocycles. The summed E-state index contributed by atoms with van der Waals surface area (Å²) in [6.45, 7) is 2.49. The van der Waals surface area contributed by atoms with Crippen molar-refractivity contribution in [1.29, 1.82) is 0 Å². The number of pyridine rings is 1. The first kappa shape index (κ1) is 21.7. The summed E-state index contributed by atoms with van der Waals surface area (Å²) in [5.41, 5.74) is -0.246. The summed E-state index contributed by atoms with van der Waals surface area (Å²) in [6.07, 6.45) is -3.56. The maximum absolute atomic E-state index is 12.7. The van der Waals surface area contributed by atoms with Crippen LogP contribution in [0.3, 0.4) is 0 Å². The number of carbonyl (C=O) groups excluding carboxylic acids is 1. The van der Waals surface area contributed by atoms with E-state index in [2.05, 4.69) is 10.3 Å². The Kier molecular flexibility index (Phi) is 6.66. The molecule has 1 aliphatic rings. The zero-order chi connectivity index (χ0) is 21.7. The fourth-order valence-corrected chi connectivity index (χ4v) is 3.18. The average Bonchev–Trinajstić information content (AvgIpc) is 2.73. The van der Waals surface area contributed by atoms with Crippen molar-refractivity contribution in [3.05, 3.63) is 42.1 Å². The SMILES string of the molecule is COc1ccc(OC)c(NC(=O)CN2CCN(c3ccc(C(F)(F)F)cn3)CC2)c1. The van der Waals surface area contributed by atoms with E-state index in [4.69, 9.17) is 9.47 Å². The summed E-state index contributed by atoms with van der Waals surface area (Å²) in [5, 5.41) is 2.83. The molecule has 10 heteroatoms. The van der Waals surface area contributed by atoms with Crippen LogP contribution in [0.2, 0.25) is 0 Å². The van der Waals surface area contributed by atoms with Gasteiger partial charge in [0.15, 0.2) is 0 Å². The van der Waals surface area contributed by atoms with Crippen LogP contribution in [-0.4, -0.2) is 62.7 Å². The van der Waals surface area contributed by atoms with Crippen LogP contribution < -0.4 is 19.7 Å². The van der Waals surface area contributed by atoms with E-state index in [1.54, 1.807) is 25.3 Å². The first-order valence-electron chi connectivity index (χ1n) is 9.32. The third-order valence-corrected chi connectivity index (χ3v) is 4.82. The van der Waals surface area contributed by atoms with Crippen LogP contribution in [0.4, 0.5) is 24.7 Å².